The zero-order valence-corrected chi connectivity index (χ0v) is 15.9. The van der Waals surface area contributed by atoms with E-state index >= 15 is 0 Å². The van der Waals surface area contributed by atoms with Gasteiger partial charge in [-0.1, -0.05) is 59.7 Å². The van der Waals surface area contributed by atoms with Crippen LogP contribution in [0.4, 0.5) is 14.8 Å². The van der Waals surface area contributed by atoms with Gasteiger partial charge >= 0.3 is 6.01 Å². The molecule has 8 heteroatoms. The van der Waals surface area contributed by atoms with Crippen LogP contribution in [-0.4, -0.2) is 33.8 Å². The Morgan fingerprint density at radius 1 is 1.00 bits per heavy atom. The SMILES string of the molecule is O=C1Cc2ccccc2C(c2ccccc2)=N[C@@H]1Nc1nnc(C2CC(F)(F)C2)o1. The zero-order chi connectivity index (χ0) is 20.7. The summed E-state index contributed by atoms with van der Waals surface area (Å²) in [6.07, 6.45) is -1.34. The Hall–Kier alpha value is -3.42. The predicted octanol–water partition coefficient (Wildman–Crippen LogP) is 3.98. The van der Waals surface area contributed by atoms with E-state index in [0.29, 0.717) is 5.71 Å². The molecular formula is C22H18F2N4O2. The van der Waals surface area contributed by atoms with Gasteiger partial charge in [-0.2, -0.15) is 0 Å². The van der Waals surface area contributed by atoms with Crippen molar-refractivity contribution in [3.05, 3.63) is 77.2 Å². The molecule has 0 saturated heterocycles. The first-order valence-electron chi connectivity index (χ1n) is 9.70. The lowest BCUT2D eigenvalue weighted by molar-refractivity contribution is -0.119. The third kappa shape index (κ3) is 3.49. The highest BCUT2D eigenvalue weighted by molar-refractivity contribution is 6.16. The minimum atomic E-state index is -2.68. The number of rotatable bonds is 4. The standard InChI is InChI=1S/C22H18F2N4O2/c23-22(24)11-15(12-22)20-27-28-21(30-20)26-19-17(29)10-14-8-4-5-9-16(14)18(25-19)13-6-2-1-3-7-13/h1-9,15,19H,10-12H2,(H,26,28)/t19-/m1/s1. The monoisotopic (exact) mass is 408 g/mol. The highest BCUT2D eigenvalue weighted by Crippen LogP contribution is 2.47. The van der Waals surface area contributed by atoms with Crippen molar-refractivity contribution in [3.63, 3.8) is 0 Å². The fourth-order valence-electron chi connectivity index (χ4n) is 3.81. The van der Waals surface area contributed by atoms with E-state index in [-0.39, 0.29) is 37.0 Å². The lowest BCUT2D eigenvalue weighted by atomic mass is 9.81. The summed E-state index contributed by atoms with van der Waals surface area (Å²) < 4.78 is 31.7. The number of benzene rings is 2. The van der Waals surface area contributed by atoms with E-state index in [2.05, 4.69) is 20.5 Å². The molecule has 1 aliphatic heterocycles. The van der Waals surface area contributed by atoms with Gasteiger partial charge < -0.3 is 9.73 Å². The van der Waals surface area contributed by atoms with Gasteiger partial charge in [0.15, 0.2) is 11.9 Å². The second kappa shape index (κ2) is 7.12. The number of aromatic nitrogens is 2. The Bertz CT molecular complexity index is 1120. The normalized spacial score (nSPS) is 20.7. The summed E-state index contributed by atoms with van der Waals surface area (Å²) in [5.41, 5.74) is 3.35. The van der Waals surface area contributed by atoms with Crippen LogP contribution < -0.4 is 5.32 Å². The minimum Gasteiger partial charge on any atom is -0.408 e. The number of fused-ring (bicyclic) bond motifs is 1. The number of carbonyl (C=O) groups excluding carboxylic acids is 1. The van der Waals surface area contributed by atoms with Crippen molar-refractivity contribution in [1.29, 1.82) is 0 Å². The van der Waals surface area contributed by atoms with Gasteiger partial charge in [-0.3, -0.25) is 9.79 Å². The summed E-state index contributed by atoms with van der Waals surface area (Å²) in [5.74, 6) is -3.13. The molecule has 30 heavy (non-hydrogen) atoms. The predicted molar refractivity (Wildman–Crippen MR) is 106 cm³/mol. The summed E-state index contributed by atoms with van der Waals surface area (Å²) in [5, 5.41) is 10.6. The summed E-state index contributed by atoms with van der Waals surface area (Å²) in [4.78, 5) is 17.6. The molecule has 6 nitrogen and oxygen atoms in total. The van der Waals surface area contributed by atoms with Gasteiger partial charge in [0.05, 0.1) is 5.71 Å². The molecule has 0 radical (unpaired) electrons. The summed E-state index contributed by atoms with van der Waals surface area (Å²) in [6, 6.07) is 17.3. The molecule has 0 amide bonds. The average Bonchev–Trinajstić information content (AvgIpc) is 3.13. The number of anilines is 1. The molecule has 152 valence electrons. The van der Waals surface area contributed by atoms with Crippen LogP contribution in [0.15, 0.2) is 64.0 Å². The number of ketones is 1. The van der Waals surface area contributed by atoms with Crippen molar-refractivity contribution < 1.29 is 18.0 Å². The topological polar surface area (TPSA) is 80.4 Å². The third-order valence-electron chi connectivity index (χ3n) is 5.39. The van der Waals surface area contributed by atoms with Crippen molar-refractivity contribution in [2.45, 2.75) is 37.3 Å². The molecule has 2 aliphatic rings. The number of alkyl halides is 2. The van der Waals surface area contributed by atoms with Gasteiger partial charge in [-0.25, -0.2) is 8.78 Å². The van der Waals surface area contributed by atoms with E-state index in [1.807, 2.05) is 54.6 Å². The maximum absolute atomic E-state index is 13.1. The van der Waals surface area contributed by atoms with Crippen LogP contribution >= 0.6 is 0 Å². The molecule has 0 bridgehead atoms. The largest absolute Gasteiger partial charge is 0.408 e. The number of Topliss-reactive ketones (excluding diaryl/α,β-unsaturated/α-hetero) is 1. The first kappa shape index (κ1) is 18.6. The first-order valence-corrected chi connectivity index (χ1v) is 9.70. The molecule has 5 rings (SSSR count). The van der Waals surface area contributed by atoms with Crippen molar-refractivity contribution in [1.82, 2.24) is 10.2 Å². The van der Waals surface area contributed by atoms with Crippen LogP contribution in [-0.2, 0) is 11.2 Å². The Labute approximate surface area is 171 Å². The first-order chi connectivity index (χ1) is 14.5. The van der Waals surface area contributed by atoms with E-state index in [4.69, 9.17) is 4.42 Å². The van der Waals surface area contributed by atoms with Gasteiger partial charge in [0.25, 0.3) is 0 Å². The number of nitrogens with zero attached hydrogens (tertiary/aromatic N) is 3. The molecule has 1 saturated carbocycles. The van der Waals surface area contributed by atoms with Crippen molar-refractivity contribution in [2.24, 2.45) is 4.99 Å². The second-order valence-electron chi connectivity index (χ2n) is 7.60. The fraction of sp³-hybridized carbons (Fsp3) is 0.273. The van der Waals surface area contributed by atoms with Crippen LogP contribution in [0.5, 0.6) is 0 Å². The Morgan fingerprint density at radius 3 is 2.50 bits per heavy atom. The molecule has 3 aromatic rings. The van der Waals surface area contributed by atoms with Crippen molar-refractivity contribution in [2.75, 3.05) is 5.32 Å². The van der Waals surface area contributed by atoms with Gasteiger partial charge in [-0.15, -0.1) is 5.10 Å². The summed E-state index contributed by atoms with van der Waals surface area (Å²) >= 11 is 0. The molecule has 1 N–H and O–H groups in total. The second-order valence-corrected chi connectivity index (χ2v) is 7.60. The Balaban J connectivity index is 1.45. The average molecular weight is 408 g/mol. The Kier molecular flexibility index (Phi) is 4.42. The number of hydrogen-bond acceptors (Lipinski definition) is 6. The van der Waals surface area contributed by atoms with E-state index in [0.717, 1.165) is 16.7 Å². The third-order valence-corrected chi connectivity index (χ3v) is 5.39. The highest BCUT2D eigenvalue weighted by Gasteiger charge is 2.48. The van der Waals surface area contributed by atoms with Crippen LogP contribution in [0.25, 0.3) is 0 Å². The fourth-order valence-corrected chi connectivity index (χ4v) is 3.81. The van der Waals surface area contributed by atoms with E-state index in [1.54, 1.807) is 0 Å². The number of nitrogens with one attached hydrogen (secondary N) is 1. The summed E-state index contributed by atoms with van der Waals surface area (Å²) in [6.45, 7) is 0. The van der Waals surface area contributed by atoms with Crippen LogP contribution in [0.2, 0.25) is 0 Å². The lowest BCUT2D eigenvalue weighted by Gasteiger charge is -2.32. The molecule has 1 atom stereocenters. The van der Waals surface area contributed by atoms with Crippen molar-refractivity contribution in [3.8, 4) is 0 Å². The van der Waals surface area contributed by atoms with E-state index in [1.165, 1.54) is 0 Å². The van der Waals surface area contributed by atoms with Gasteiger partial charge in [0.2, 0.25) is 11.8 Å². The molecule has 0 spiro atoms. The van der Waals surface area contributed by atoms with Gasteiger partial charge in [0, 0.05) is 36.3 Å². The number of hydrogen-bond donors (Lipinski definition) is 1. The van der Waals surface area contributed by atoms with Gasteiger partial charge in [0.1, 0.15) is 0 Å². The van der Waals surface area contributed by atoms with E-state index < -0.39 is 18.0 Å². The van der Waals surface area contributed by atoms with Crippen LogP contribution in [0.1, 0.15) is 41.3 Å². The highest BCUT2D eigenvalue weighted by atomic mass is 19.3. The lowest BCUT2D eigenvalue weighted by Crippen LogP contribution is -2.33. The zero-order valence-electron chi connectivity index (χ0n) is 15.9. The van der Waals surface area contributed by atoms with Gasteiger partial charge in [-0.05, 0) is 5.56 Å². The molecule has 2 aromatic carbocycles. The molecule has 0 unspecified atom stereocenters. The Morgan fingerprint density at radius 2 is 1.73 bits per heavy atom. The molecule has 1 aliphatic carbocycles. The minimum absolute atomic E-state index is 0.000633. The molecular weight excluding hydrogens is 390 g/mol. The van der Waals surface area contributed by atoms with Crippen LogP contribution in [0, 0.1) is 0 Å². The maximum Gasteiger partial charge on any atom is 0.317 e. The smallest absolute Gasteiger partial charge is 0.317 e. The number of aliphatic imine (C=N–C) groups is 1. The van der Waals surface area contributed by atoms with Crippen molar-refractivity contribution >= 4 is 17.5 Å². The summed E-state index contributed by atoms with van der Waals surface area (Å²) in [7, 11) is 0. The van der Waals surface area contributed by atoms with E-state index in [9.17, 15) is 13.6 Å². The molecule has 1 fully saturated rings. The van der Waals surface area contributed by atoms with Crippen LogP contribution in [0.3, 0.4) is 0 Å². The number of carbonyl (C=O) groups is 1. The molecule has 1 aromatic heterocycles. The maximum atomic E-state index is 13.1. The molecule has 2 heterocycles. The number of halogens is 2. The quantitative estimate of drug-likeness (QED) is 0.706.